The van der Waals surface area contributed by atoms with Crippen molar-refractivity contribution in [1.29, 1.82) is 0 Å². The van der Waals surface area contributed by atoms with Gasteiger partial charge in [-0.15, -0.1) is 11.3 Å². The van der Waals surface area contributed by atoms with Crippen LogP contribution in [0, 0.1) is 13.8 Å². The van der Waals surface area contributed by atoms with Crippen LogP contribution in [0.15, 0.2) is 17.5 Å². The van der Waals surface area contributed by atoms with Gasteiger partial charge in [0.15, 0.2) is 0 Å². The fraction of sp³-hybridized carbons (Fsp3) is 0.429. The Morgan fingerprint density at radius 1 is 1.50 bits per heavy atom. The maximum absolute atomic E-state index is 11.2. The molecule has 2 heterocycles. The lowest BCUT2D eigenvalue weighted by Gasteiger charge is -2.07. The Kier molecular flexibility index (Phi) is 4.79. The molecule has 0 bridgehead atoms. The monoisotopic (exact) mass is 293 g/mol. The second kappa shape index (κ2) is 6.56. The Balaban J connectivity index is 2.03. The number of carbonyl (C=O) groups is 1. The highest BCUT2D eigenvalue weighted by molar-refractivity contribution is 7.13. The molecule has 0 aromatic carbocycles. The first kappa shape index (κ1) is 14.6. The second-order valence-electron chi connectivity index (χ2n) is 4.39. The van der Waals surface area contributed by atoms with Crippen molar-refractivity contribution in [2.45, 2.75) is 27.3 Å². The Morgan fingerprint density at radius 3 is 2.95 bits per heavy atom. The predicted molar refractivity (Wildman–Crippen MR) is 80.0 cm³/mol. The molecule has 5 nitrogen and oxygen atoms in total. The number of alkyl carbamates (subject to hydrolysis) is 1. The minimum atomic E-state index is -0.382. The number of rotatable bonds is 5. The predicted octanol–water partition coefficient (Wildman–Crippen LogP) is 2.97. The minimum Gasteiger partial charge on any atom is -0.450 e. The lowest BCUT2D eigenvalue weighted by molar-refractivity contribution is 0.151. The van der Waals surface area contributed by atoms with E-state index >= 15 is 0 Å². The molecule has 1 N–H and O–H groups in total. The quantitative estimate of drug-likeness (QED) is 0.922. The summed E-state index contributed by atoms with van der Waals surface area (Å²) in [5, 5.41) is 9.31. The average Bonchev–Trinajstić information content (AvgIpc) is 2.99. The third-order valence-electron chi connectivity index (χ3n) is 3.02. The maximum atomic E-state index is 11.2. The largest absolute Gasteiger partial charge is 0.450 e. The van der Waals surface area contributed by atoms with Crippen molar-refractivity contribution in [3.63, 3.8) is 0 Å². The number of aryl methyl sites for hydroxylation is 1. The van der Waals surface area contributed by atoms with E-state index < -0.39 is 0 Å². The van der Waals surface area contributed by atoms with Crippen LogP contribution in [-0.2, 0) is 11.3 Å². The zero-order chi connectivity index (χ0) is 14.5. The van der Waals surface area contributed by atoms with Crippen molar-refractivity contribution in [3.05, 3.63) is 28.9 Å². The van der Waals surface area contributed by atoms with Crippen LogP contribution in [0.4, 0.5) is 4.79 Å². The molecule has 0 fully saturated rings. The van der Waals surface area contributed by atoms with Crippen LogP contribution in [-0.4, -0.2) is 29.0 Å². The van der Waals surface area contributed by atoms with E-state index in [-0.39, 0.29) is 6.09 Å². The summed E-state index contributed by atoms with van der Waals surface area (Å²) in [6.07, 6.45) is -0.382. The van der Waals surface area contributed by atoms with E-state index in [1.54, 1.807) is 18.3 Å². The van der Waals surface area contributed by atoms with E-state index in [9.17, 15) is 4.79 Å². The Hall–Kier alpha value is -1.82. The lowest BCUT2D eigenvalue weighted by atomic mass is 10.1. The highest BCUT2D eigenvalue weighted by Crippen LogP contribution is 2.30. The summed E-state index contributed by atoms with van der Waals surface area (Å²) in [5.41, 5.74) is 3.33. The van der Waals surface area contributed by atoms with Crippen LogP contribution in [0.3, 0.4) is 0 Å². The SMILES string of the molecule is CCOC(=O)NCCn1nc(C)c(-c2cccs2)c1C. The van der Waals surface area contributed by atoms with Crippen LogP contribution in [0.25, 0.3) is 10.4 Å². The molecular formula is C14H19N3O2S. The molecule has 6 heteroatoms. The van der Waals surface area contributed by atoms with Gasteiger partial charge in [0.25, 0.3) is 0 Å². The van der Waals surface area contributed by atoms with Crippen molar-refractivity contribution in [2.75, 3.05) is 13.2 Å². The smallest absolute Gasteiger partial charge is 0.407 e. The molecular weight excluding hydrogens is 274 g/mol. The number of thiophene rings is 1. The number of aromatic nitrogens is 2. The first-order chi connectivity index (χ1) is 9.63. The van der Waals surface area contributed by atoms with E-state index in [1.807, 2.05) is 17.7 Å². The van der Waals surface area contributed by atoms with Gasteiger partial charge in [-0.05, 0) is 32.2 Å². The molecule has 0 atom stereocenters. The molecule has 0 radical (unpaired) electrons. The molecule has 1 amide bonds. The zero-order valence-corrected chi connectivity index (χ0v) is 12.8. The highest BCUT2D eigenvalue weighted by atomic mass is 32.1. The number of hydrogen-bond donors (Lipinski definition) is 1. The molecule has 0 spiro atoms. The number of nitrogens with one attached hydrogen (secondary N) is 1. The molecule has 20 heavy (non-hydrogen) atoms. The van der Waals surface area contributed by atoms with Gasteiger partial charge in [0.05, 0.1) is 18.8 Å². The van der Waals surface area contributed by atoms with Crippen molar-refractivity contribution in [1.82, 2.24) is 15.1 Å². The van der Waals surface area contributed by atoms with Gasteiger partial charge in [-0.2, -0.15) is 5.10 Å². The summed E-state index contributed by atoms with van der Waals surface area (Å²) < 4.78 is 6.75. The number of hydrogen-bond acceptors (Lipinski definition) is 4. The summed E-state index contributed by atoms with van der Waals surface area (Å²) in [5.74, 6) is 0. The molecule has 2 aromatic rings. The standard InChI is InChI=1S/C14H19N3O2S/c1-4-19-14(18)15-7-8-17-11(3)13(10(2)16-17)12-6-5-9-20-12/h5-6,9H,4,7-8H2,1-3H3,(H,15,18). The molecule has 0 saturated heterocycles. The Bertz CT molecular complexity index is 576. The van der Waals surface area contributed by atoms with E-state index in [1.165, 1.54) is 10.4 Å². The normalized spacial score (nSPS) is 10.6. The van der Waals surface area contributed by atoms with Gasteiger partial charge in [0.1, 0.15) is 0 Å². The van der Waals surface area contributed by atoms with Gasteiger partial charge in [-0.25, -0.2) is 4.79 Å². The third kappa shape index (κ3) is 3.19. The summed E-state index contributed by atoms with van der Waals surface area (Å²) in [4.78, 5) is 12.4. The fourth-order valence-electron chi connectivity index (χ4n) is 2.14. The van der Waals surface area contributed by atoms with Gasteiger partial charge in [0.2, 0.25) is 0 Å². The molecule has 108 valence electrons. The molecule has 0 saturated carbocycles. The molecule has 2 rings (SSSR count). The van der Waals surface area contributed by atoms with Crippen molar-refractivity contribution in [2.24, 2.45) is 0 Å². The molecule has 0 aliphatic carbocycles. The van der Waals surface area contributed by atoms with E-state index in [0.29, 0.717) is 19.7 Å². The average molecular weight is 293 g/mol. The van der Waals surface area contributed by atoms with Crippen molar-refractivity contribution in [3.8, 4) is 10.4 Å². The highest BCUT2D eigenvalue weighted by Gasteiger charge is 2.14. The van der Waals surface area contributed by atoms with Gasteiger partial charge in [-0.3, -0.25) is 4.68 Å². The van der Waals surface area contributed by atoms with Crippen molar-refractivity contribution < 1.29 is 9.53 Å². The van der Waals surface area contributed by atoms with Crippen LogP contribution in [0.5, 0.6) is 0 Å². The molecule has 2 aromatic heterocycles. The van der Waals surface area contributed by atoms with Crippen LogP contribution >= 0.6 is 11.3 Å². The molecule has 0 aliphatic rings. The van der Waals surface area contributed by atoms with Gasteiger partial charge < -0.3 is 10.1 Å². The summed E-state index contributed by atoms with van der Waals surface area (Å²) >= 11 is 1.71. The van der Waals surface area contributed by atoms with Crippen LogP contribution in [0.1, 0.15) is 18.3 Å². The number of ether oxygens (including phenoxy) is 1. The first-order valence-corrected chi connectivity index (χ1v) is 7.50. The Morgan fingerprint density at radius 2 is 2.30 bits per heavy atom. The second-order valence-corrected chi connectivity index (χ2v) is 5.34. The summed E-state index contributed by atoms with van der Waals surface area (Å²) in [6.45, 7) is 7.38. The van der Waals surface area contributed by atoms with Gasteiger partial charge in [-0.1, -0.05) is 6.07 Å². The topological polar surface area (TPSA) is 56.1 Å². The molecule has 0 aliphatic heterocycles. The Labute approximate surface area is 122 Å². The van der Waals surface area contributed by atoms with E-state index in [2.05, 4.69) is 28.8 Å². The van der Waals surface area contributed by atoms with Crippen LogP contribution < -0.4 is 5.32 Å². The first-order valence-electron chi connectivity index (χ1n) is 6.62. The van der Waals surface area contributed by atoms with E-state index in [4.69, 9.17) is 4.74 Å². The fourth-order valence-corrected chi connectivity index (χ4v) is 3.01. The zero-order valence-electron chi connectivity index (χ0n) is 12.0. The van der Waals surface area contributed by atoms with Crippen molar-refractivity contribution >= 4 is 17.4 Å². The summed E-state index contributed by atoms with van der Waals surface area (Å²) in [7, 11) is 0. The van der Waals surface area contributed by atoms with Crippen LogP contribution in [0.2, 0.25) is 0 Å². The third-order valence-corrected chi connectivity index (χ3v) is 3.90. The number of nitrogens with zero attached hydrogens (tertiary/aromatic N) is 2. The lowest BCUT2D eigenvalue weighted by Crippen LogP contribution is -2.28. The minimum absolute atomic E-state index is 0.382. The number of amides is 1. The number of carbonyl (C=O) groups excluding carboxylic acids is 1. The van der Waals surface area contributed by atoms with Gasteiger partial charge in [0, 0.05) is 22.7 Å². The summed E-state index contributed by atoms with van der Waals surface area (Å²) in [6, 6.07) is 4.14. The van der Waals surface area contributed by atoms with E-state index in [0.717, 1.165) is 11.4 Å². The van der Waals surface area contributed by atoms with Gasteiger partial charge >= 0.3 is 6.09 Å². The maximum Gasteiger partial charge on any atom is 0.407 e. The molecule has 0 unspecified atom stereocenters.